The quantitative estimate of drug-likeness (QED) is 0.692. The van der Waals surface area contributed by atoms with Gasteiger partial charge in [0.15, 0.2) is 0 Å². The molecule has 1 unspecified atom stereocenters. The van der Waals surface area contributed by atoms with Crippen LogP contribution in [0.3, 0.4) is 0 Å². The lowest BCUT2D eigenvalue weighted by molar-refractivity contribution is -0.132. The second kappa shape index (κ2) is 9.32. The summed E-state index contributed by atoms with van der Waals surface area (Å²) in [7, 11) is 0. The molecule has 0 aromatic rings. The molecule has 4 heteroatoms. The summed E-state index contributed by atoms with van der Waals surface area (Å²) < 4.78 is 0. The van der Waals surface area contributed by atoms with E-state index in [1.807, 2.05) is 4.90 Å². The highest BCUT2D eigenvalue weighted by molar-refractivity contribution is 5.78. The molecule has 0 aromatic heterocycles. The Kier molecular flexibility index (Phi) is 8.07. The zero-order valence-electron chi connectivity index (χ0n) is 13.0. The van der Waals surface area contributed by atoms with Gasteiger partial charge in [-0.3, -0.25) is 9.69 Å². The Hall–Kier alpha value is -0.610. The van der Waals surface area contributed by atoms with E-state index in [4.69, 9.17) is 0 Å². The molecule has 0 aliphatic carbocycles. The molecule has 112 valence electrons. The highest BCUT2D eigenvalue weighted by Gasteiger charge is 2.20. The second-order valence-electron chi connectivity index (χ2n) is 5.50. The number of carbonyl (C=O) groups is 1. The van der Waals surface area contributed by atoms with E-state index in [-0.39, 0.29) is 0 Å². The first-order valence-electron chi connectivity index (χ1n) is 7.94. The number of amides is 1. The van der Waals surface area contributed by atoms with Gasteiger partial charge in [0.2, 0.25) is 5.91 Å². The molecule has 0 saturated carbocycles. The number of carbonyl (C=O) groups excluding carboxylic acids is 1. The summed E-state index contributed by atoms with van der Waals surface area (Å²) in [5.74, 6) is 0.295. The Labute approximate surface area is 118 Å². The fourth-order valence-corrected chi connectivity index (χ4v) is 2.72. The molecule has 1 amide bonds. The van der Waals surface area contributed by atoms with Gasteiger partial charge in [-0.05, 0) is 38.8 Å². The van der Waals surface area contributed by atoms with Crippen LogP contribution in [-0.2, 0) is 4.79 Å². The number of rotatable bonds is 9. The van der Waals surface area contributed by atoms with Gasteiger partial charge < -0.3 is 10.2 Å². The van der Waals surface area contributed by atoms with Crippen LogP contribution in [-0.4, -0.2) is 61.0 Å². The third kappa shape index (κ3) is 5.91. The van der Waals surface area contributed by atoms with E-state index in [1.165, 1.54) is 12.8 Å². The maximum Gasteiger partial charge on any atom is 0.236 e. The maximum atomic E-state index is 12.3. The first-order chi connectivity index (χ1) is 9.21. The number of nitrogens with one attached hydrogen (secondary N) is 1. The highest BCUT2D eigenvalue weighted by Crippen LogP contribution is 2.07. The number of hydrogen-bond acceptors (Lipinski definition) is 3. The lowest BCUT2D eigenvalue weighted by Gasteiger charge is -2.28. The molecule has 19 heavy (non-hydrogen) atoms. The van der Waals surface area contributed by atoms with Crippen molar-refractivity contribution in [3.63, 3.8) is 0 Å². The van der Waals surface area contributed by atoms with Crippen molar-refractivity contribution >= 4 is 5.91 Å². The van der Waals surface area contributed by atoms with Crippen LogP contribution in [0.15, 0.2) is 0 Å². The van der Waals surface area contributed by atoms with Gasteiger partial charge in [-0.25, -0.2) is 0 Å². The van der Waals surface area contributed by atoms with Gasteiger partial charge in [0.05, 0.1) is 6.54 Å². The van der Waals surface area contributed by atoms with Gasteiger partial charge >= 0.3 is 0 Å². The minimum atomic E-state index is 0.295. The van der Waals surface area contributed by atoms with Crippen molar-refractivity contribution in [2.45, 2.75) is 52.5 Å². The first-order valence-corrected chi connectivity index (χ1v) is 7.94. The van der Waals surface area contributed by atoms with Gasteiger partial charge in [-0.15, -0.1) is 0 Å². The van der Waals surface area contributed by atoms with Crippen LogP contribution in [0.2, 0.25) is 0 Å². The predicted octanol–water partition coefficient (Wildman–Crippen LogP) is 1.71. The highest BCUT2D eigenvalue weighted by atomic mass is 16.2. The van der Waals surface area contributed by atoms with Crippen LogP contribution in [0.25, 0.3) is 0 Å². The van der Waals surface area contributed by atoms with E-state index in [0.29, 0.717) is 18.5 Å². The summed E-state index contributed by atoms with van der Waals surface area (Å²) in [6.07, 6.45) is 4.61. The average molecular weight is 269 g/mol. The van der Waals surface area contributed by atoms with E-state index >= 15 is 0 Å². The standard InChI is InChI=1S/C15H31N3O/c1-4-10-18(11-5-2)15(19)13-17(6-3)12-14-8-7-9-16-14/h14,16H,4-13H2,1-3H3. The summed E-state index contributed by atoms with van der Waals surface area (Å²) >= 11 is 0. The second-order valence-corrected chi connectivity index (χ2v) is 5.50. The lowest BCUT2D eigenvalue weighted by Crippen LogP contribution is -2.45. The van der Waals surface area contributed by atoms with Crippen molar-refractivity contribution in [2.75, 3.05) is 39.3 Å². The molecule has 1 saturated heterocycles. The van der Waals surface area contributed by atoms with Crippen molar-refractivity contribution in [1.82, 2.24) is 15.1 Å². The lowest BCUT2D eigenvalue weighted by atomic mass is 10.2. The van der Waals surface area contributed by atoms with Crippen LogP contribution in [0.1, 0.15) is 46.5 Å². The molecule has 1 fully saturated rings. The van der Waals surface area contributed by atoms with Crippen molar-refractivity contribution in [3.05, 3.63) is 0 Å². The summed E-state index contributed by atoms with van der Waals surface area (Å²) in [5, 5.41) is 3.51. The van der Waals surface area contributed by atoms with Crippen LogP contribution >= 0.6 is 0 Å². The fraction of sp³-hybridized carbons (Fsp3) is 0.933. The zero-order valence-corrected chi connectivity index (χ0v) is 13.0. The maximum absolute atomic E-state index is 12.3. The molecule has 1 atom stereocenters. The molecule has 1 aliphatic heterocycles. The first kappa shape index (κ1) is 16.4. The third-order valence-electron chi connectivity index (χ3n) is 3.79. The SMILES string of the molecule is CCCN(CCC)C(=O)CN(CC)CC1CCCN1. The van der Waals surface area contributed by atoms with Gasteiger partial charge in [-0.2, -0.15) is 0 Å². The fourth-order valence-electron chi connectivity index (χ4n) is 2.72. The minimum Gasteiger partial charge on any atom is -0.342 e. The Bertz CT molecular complexity index is 246. The molecule has 4 nitrogen and oxygen atoms in total. The largest absolute Gasteiger partial charge is 0.342 e. The Morgan fingerprint density at radius 1 is 1.21 bits per heavy atom. The number of nitrogens with zero attached hydrogens (tertiary/aromatic N) is 2. The molecule has 1 N–H and O–H groups in total. The molecular weight excluding hydrogens is 238 g/mol. The molecular formula is C15H31N3O. The normalized spacial score (nSPS) is 19.1. The molecule has 1 aliphatic rings. The van der Waals surface area contributed by atoms with Crippen LogP contribution in [0.5, 0.6) is 0 Å². The van der Waals surface area contributed by atoms with Crippen LogP contribution in [0.4, 0.5) is 0 Å². The molecule has 1 heterocycles. The summed E-state index contributed by atoms with van der Waals surface area (Å²) in [5.41, 5.74) is 0. The van der Waals surface area contributed by atoms with Crippen molar-refractivity contribution in [1.29, 1.82) is 0 Å². The van der Waals surface area contributed by atoms with Crippen molar-refractivity contribution in [3.8, 4) is 0 Å². The number of likely N-dealkylation sites (N-methyl/N-ethyl adjacent to an activating group) is 1. The van der Waals surface area contributed by atoms with E-state index in [1.54, 1.807) is 0 Å². The van der Waals surface area contributed by atoms with Gasteiger partial charge in [-0.1, -0.05) is 20.8 Å². The average Bonchev–Trinajstić information content (AvgIpc) is 2.90. The third-order valence-corrected chi connectivity index (χ3v) is 3.79. The Morgan fingerprint density at radius 3 is 2.37 bits per heavy atom. The van der Waals surface area contributed by atoms with Gasteiger partial charge in [0.25, 0.3) is 0 Å². The zero-order chi connectivity index (χ0) is 14.1. The molecule has 1 rings (SSSR count). The summed E-state index contributed by atoms with van der Waals surface area (Å²) in [6, 6.07) is 0.582. The molecule has 0 radical (unpaired) electrons. The minimum absolute atomic E-state index is 0.295. The predicted molar refractivity (Wildman–Crippen MR) is 80.3 cm³/mol. The number of hydrogen-bond donors (Lipinski definition) is 1. The van der Waals surface area contributed by atoms with Crippen molar-refractivity contribution < 1.29 is 4.79 Å². The van der Waals surface area contributed by atoms with E-state index in [0.717, 1.165) is 45.6 Å². The monoisotopic (exact) mass is 269 g/mol. The van der Waals surface area contributed by atoms with Gasteiger partial charge in [0, 0.05) is 25.7 Å². The Morgan fingerprint density at radius 2 is 1.89 bits per heavy atom. The molecule has 0 aromatic carbocycles. The van der Waals surface area contributed by atoms with E-state index in [2.05, 4.69) is 31.0 Å². The van der Waals surface area contributed by atoms with Gasteiger partial charge in [0.1, 0.15) is 0 Å². The molecule has 0 bridgehead atoms. The van der Waals surface area contributed by atoms with Crippen LogP contribution < -0.4 is 5.32 Å². The van der Waals surface area contributed by atoms with Crippen molar-refractivity contribution in [2.24, 2.45) is 0 Å². The molecule has 0 spiro atoms. The summed E-state index contributed by atoms with van der Waals surface area (Å²) in [4.78, 5) is 16.6. The summed E-state index contributed by atoms with van der Waals surface area (Å²) in [6.45, 7) is 11.9. The smallest absolute Gasteiger partial charge is 0.236 e. The van der Waals surface area contributed by atoms with E-state index < -0.39 is 0 Å². The van der Waals surface area contributed by atoms with E-state index in [9.17, 15) is 4.79 Å². The van der Waals surface area contributed by atoms with Crippen LogP contribution in [0, 0.1) is 0 Å². The Balaban J connectivity index is 2.40. The topological polar surface area (TPSA) is 35.6 Å².